The second-order valence-electron chi connectivity index (χ2n) is 3.85. The lowest BCUT2D eigenvalue weighted by Crippen LogP contribution is -2.34. The molecular formula is C10H18O5. The van der Waals surface area contributed by atoms with Gasteiger partial charge in [0.25, 0.3) is 0 Å². The van der Waals surface area contributed by atoms with Gasteiger partial charge in [0, 0.05) is 0 Å². The van der Waals surface area contributed by atoms with Crippen LogP contribution in [0.15, 0.2) is 0 Å². The molecule has 2 unspecified atom stereocenters. The zero-order valence-corrected chi connectivity index (χ0v) is 8.89. The lowest BCUT2D eigenvalue weighted by molar-refractivity contribution is -0.219. The molecule has 0 aromatic carbocycles. The van der Waals surface area contributed by atoms with Crippen LogP contribution in [0.3, 0.4) is 0 Å². The molecule has 2 N–H and O–H groups in total. The number of hydrogen-bond donors (Lipinski definition) is 2. The van der Waals surface area contributed by atoms with Crippen molar-refractivity contribution in [1.82, 2.24) is 0 Å². The number of rotatable bonds is 5. The molecule has 1 rings (SSSR count). The van der Waals surface area contributed by atoms with Crippen LogP contribution in [0.25, 0.3) is 0 Å². The Bertz CT molecular complexity index is 206. The number of aliphatic hydroxyl groups excluding tert-OH is 1. The fourth-order valence-electron chi connectivity index (χ4n) is 1.65. The molecule has 1 fully saturated rings. The standard InChI is InChI=1S/C10H18O5/c1-7(5-9(12)13)14-10-4-2-3-8(6-11)15-10/h7-8,10-11H,2-6H2,1H3,(H,12,13)/t7?,8?,10-/m1/s1. The van der Waals surface area contributed by atoms with Crippen molar-refractivity contribution in [2.45, 2.75) is 51.1 Å². The SMILES string of the molecule is CC(CC(=O)O)O[C@H]1CCCC(CO)O1. The van der Waals surface area contributed by atoms with Crippen molar-refractivity contribution in [3.8, 4) is 0 Å². The van der Waals surface area contributed by atoms with Gasteiger partial charge < -0.3 is 19.7 Å². The predicted octanol–water partition coefficient (Wildman–Crippen LogP) is 0.754. The van der Waals surface area contributed by atoms with Crippen LogP contribution in [0, 0.1) is 0 Å². The topological polar surface area (TPSA) is 76.0 Å². The van der Waals surface area contributed by atoms with Gasteiger partial charge >= 0.3 is 5.97 Å². The Labute approximate surface area is 89.0 Å². The highest BCUT2D eigenvalue weighted by molar-refractivity contribution is 5.67. The van der Waals surface area contributed by atoms with E-state index in [0.29, 0.717) is 0 Å². The maximum absolute atomic E-state index is 10.4. The largest absolute Gasteiger partial charge is 0.481 e. The summed E-state index contributed by atoms with van der Waals surface area (Å²) in [5.74, 6) is -0.878. The Kier molecular flexibility index (Phi) is 5.01. The number of aliphatic hydroxyl groups is 1. The number of ether oxygens (including phenoxy) is 2. The molecule has 3 atom stereocenters. The summed E-state index contributed by atoms with van der Waals surface area (Å²) in [5.41, 5.74) is 0. The van der Waals surface area contributed by atoms with Crippen molar-refractivity contribution in [3.05, 3.63) is 0 Å². The molecule has 1 heterocycles. The van der Waals surface area contributed by atoms with Crippen LogP contribution in [0.4, 0.5) is 0 Å². The van der Waals surface area contributed by atoms with E-state index in [1.54, 1.807) is 6.92 Å². The zero-order chi connectivity index (χ0) is 11.3. The van der Waals surface area contributed by atoms with Crippen molar-refractivity contribution in [1.29, 1.82) is 0 Å². The Morgan fingerprint density at radius 3 is 2.93 bits per heavy atom. The molecule has 0 bridgehead atoms. The summed E-state index contributed by atoms with van der Waals surface area (Å²) in [6.07, 6.45) is 1.62. The third-order valence-corrected chi connectivity index (χ3v) is 2.36. The molecule has 0 amide bonds. The molecule has 5 nitrogen and oxygen atoms in total. The summed E-state index contributed by atoms with van der Waals surface area (Å²) in [6, 6.07) is 0. The van der Waals surface area contributed by atoms with Crippen LogP contribution in [0.5, 0.6) is 0 Å². The highest BCUT2D eigenvalue weighted by Gasteiger charge is 2.24. The summed E-state index contributed by atoms with van der Waals surface area (Å²) in [6.45, 7) is 1.70. The summed E-state index contributed by atoms with van der Waals surface area (Å²) < 4.78 is 10.8. The molecule has 88 valence electrons. The molecule has 0 saturated carbocycles. The second kappa shape index (κ2) is 6.05. The van der Waals surface area contributed by atoms with Gasteiger partial charge in [-0.1, -0.05) is 0 Å². The first-order valence-electron chi connectivity index (χ1n) is 5.25. The van der Waals surface area contributed by atoms with Crippen LogP contribution >= 0.6 is 0 Å². The normalized spacial score (nSPS) is 28.7. The van der Waals surface area contributed by atoms with Crippen molar-refractivity contribution in [2.24, 2.45) is 0 Å². The van der Waals surface area contributed by atoms with Gasteiger partial charge in [-0.05, 0) is 26.2 Å². The first-order chi connectivity index (χ1) is 7.11. The third-order valence-electron chi connectivity index (χ3n) is 2.36. The van der Waals surface area contributed by atoms with Gasteiger partial charge in [-0.15, -0.1) is 0 Å². The molecular weight excluding hydrogens is 200 g/mol. The van der Waals surface area contributed by atoms with Crippen LogP contribution < -0.4 is 0 Å². The molecule has 5 heteroatoms. The van der Waals surface area contributed by atoms with E-state index in [1.165, 1.54) is 0 Å². The van der Waals surface area contributed by atoms with Crippen LogP contribution in [-0.4, -0.2) is 41.3 Å². The summed E-state index contributed by atoms with van der Waals surface area (Å²) >= 11 is 0. The van der Waals surface area contributed by atoms with E-state index in [0.717, 1.165) is 19.3 Å². The van der Waals surface area contributed by atoms with Gasteiger partial charge in [-0.3, -0.25) is 4.79 Å². The molecule has 0 aliphatic carbocycles. The molecule has 0 spiro atoms. The molecule has 0 aromatic heterocycles. The van der Waals surface area contributed by atoms with Crippen molar-refractivity contribution in [3.63, 3.8) is 0 Å². The predicted molar refractivity (Wildman–Crippen MR) is 52.4 cm³/mol. The Morgan fingerprint density at radius 1 is 1.60 bits per heavy atom. The van der Waals surface area contributed by atoms with Crippen molar-refractivity contribution in [2.75, 3.05) is 6.61 Å². The monoisotopic (exact) mass is 218 g/mol. The summed E-state index contributed by atoms with van der Waals surface area (Å²) in [5, 5.41) is 17.5. The van der Waals surface area contributed by atoms with Gasteiger partial charge in [-0.2, -0.15) is 0 Å². The van der Waals surface area contributed by atoms with Gasteiger partial charge in [-0.25, -0.2) is 0 Å². The molecule has 1 aliphatic rings. The molecule has 15 heavy (non-hydrogen) atoms. The maximum Gasteiger partial charge on any atom is 0.305 e. The van der Waals surface area contributed by atoms with Crippen LogP contribution in [-0.2, 0) is 14.3 Å². The average molecular weight is 218 g/mol. The lowest BCUT2D eigenvalue weighted by Gasteiger charge is -2.30. The summed E-state index contributed by atoms with van der Waals surface area (Å²) in [7, 11) is 0. The maximum atomic E-state index is 10.4. The first kappa shape index (κ1) is 12.4. The van der Waals surface area contributed by atoms with Gasteiger partial charge in [0.1, 0.15) is 0 Å². The number of aliphatic carboxylic acids is 1. The highest BCUT2D eigenvalue weighted by Crippen LogP contribution is 2.21. The smallest absolute Gasteiger partial charge is 0.305 e. The quantitative estimate of drug-likeness (QED) is 0.712. The van der Waals surface area contributed by atoms with E-state index >= 15 is 0 Å². The average Bonchev–Trinajstić information content (AvgIpc) is 2.16. The molecule has 1 saturated heterocycles. The van der Waals surface area contributed by atoms with E-state index in [9.17, 15) is 4.79 Å². The molecule has 0 aromatic rings. The minimum atomic E-state index is -0.878. The minimum Gasteiger partial charge on any atom is -0.481 e. The van der Waals surface area contributed by atoms with E-state index in [2.05, 4.69) is 0 Å². The fourth-order valence-corrected chi connectivity index (χ4v) is 1.65. The first-order valence-corrected chi connectivity index (χ1v) is 5.25. The van der Waals surface area contributed by atoms with E-state index < -0.39 is 5.97 Å². The molecule has 0 radical (unpaired) electrons. The van der Waals surface area contributed by atoms with E-state index in [1.807, 2.05) is 0 Å². The number of carboxylic acids is 1. The lowest BCUT2D eigenvalue weighted by atomic mass is 10.1. The number of carboxylic acid groups (broad SMARTS) is 1. The third kappa shape index (κ3) is 4.59. The Balaban J connectivity index is 2.27. The molecule has 1 aliphatic heterocycles. The van der Waals surface area contributed by atoms with Crippen LogP contribution in [0.1, 0.15) is 32.6 Å². The minimum absolute atomic E-state index is 0.00677. The summed E-state index contributed by atoms with van der Waals surface area (Å²) in [4.78, 5) is 10.4. The fraction of sp³-hybridized carbons (Fsp3) is 0.900. The Hall–Kier alpha value is -0.650. The number of hydrogen-bond acceptors (Lipinski definition) is 4. The van der Waals surface area contributed by atoms with Crippen molar-refractivity contribution >= 4 is 5.97 Å². The van der Waals surface area contributed by atoms with E-state index in [4.69, 9.17) is 19.7 Å². The van der Waals surface area contributed by atoms with Crippen molar-refractivity contribution < 1.29 is 24.5 Å². The number of carbonyl (C=O) groups is 1. The van der Waals surface area contributed by atoms with Gasteiger partial charge in [0.15, 0.2) is 6.29 Å². The second-order valence-corrected chi connectivity index (χ2v) is 3.85. The van der Waals surface area contributed by atoms with Crippen LogP contribution in [0.2, 0.25) is 0 Å². The van der Waals surface area contributed by atoms with Gasteiger partial charge in [0.05, 0.1) is 25.2 Å². The van der Waals surface area contributed by atoms with Gasteiger partial charge in [0.2, 0.25) is 0 Å². The van der Waals surface area contributed by atoms with E-state index in [-0.39, 0.29) is 31.5 Å². The highest BCUT2D eigenvalue weighted by atomic mass is 16.7. The zero-order valence-electron chi connectivity index (χ0n) is 8.89. The Morgan fingerprint density at radius 2 is 2.33 bits per heavy atom.